The fraction of sp³-hybridized carbons (Fsp3) is 0.455. The molecule has 1 aromatic rings. The topological polar surface area (TPSA) is 60.5 Å². The second-order valence-corrected chi connectivity index (χ2v) is 4.24. The molecule has 1 aromatic heterocycles. The highest BCUT2D eigenvalue weighted by molar-refractivity contribution is 9.10. The predicted octanol–water partition coefficient (Wildman–Crippen LogP) is 3.20. The highest BCUT2D eigenvalue weighted by Gasteiger charge is 2.09. The molecule has 0 atom stereocenters. The lowest BCUT2D eigenvalue weighted by atomic mass is 10.4. The molecule has 0 aliphatic rings. The van der Waals surface area contributed by atoms with Crippen LogP contribution in [0.2, 0.25) is 0 Å². The van der Waals surface area contributed by atoms with Crippen LogP contribution in [0.4, 0.5) is 10.5 Å². The molecule has 0 saturated heterocycles. The fourth-order valence-corrected chi connectivity index (χ4v) is 1.47. The first-order valence-corrected chi connectivity index (χ1v) is 6.10. The van der Waals surface area contributed by atoms with Crippen molar-refractivity contribution in [1.82, 2.24) is 4.98 Å². The van der Waals surface area contributed by atoms with Crippen LogP contribution in [0.3, 0.4) is 0 Å². The van der Waals surface area contributed by atoms with Crippen LogP contribution in [0, 0.1) is 0 Å². The summed E-state index contributed by atoms with van der Waals surface area (Å²) in [6, 6.07) is 1.70. The van der Waals surface area contributed by atoms with Gasteiger partial charge in [-0.05, 0) is 28.4 Å². The van der Waals surface area contributed by atoms with Crippen LogP contribution in [0.1, 0.15) is 19.8 Å². The number of nitrogens with one attached hydrogen (secondary N) is 1. The Labute approximate surface area is 109 Å². The van der Waals surface area contributed by atoms with E-state index < -0.39 is 6.09 Å². The average Bonchev–Trinajstić information content (AvgIpc) is 2.29. The normalized spacial score (nSPS) is 9.82. The van der Waals surface area contributed by atoms with Gasteiger partial charge in [-0.2, -0.15) is 0 Å². The Morgan fingerprint density at radius 3 is 3.00 bits per heavy atom. The third kappa shape index (κ3) is 4.60. The van der Waals surface area contributed by atoms with E-state index in [2.05, 4.69) is 26.2 Å². The lowest BCUT2D eigenvalue weighted by molar-refractivity contribution is 0.159. The summed E-state index contributed by atoms with van der Waals surface area (Å²) in [4.78, 5) is 15.4. The summed E-state index contributed by atoms with van der Waals surface area (Å²) in [5.41, 5.74) is 0.475. The number of hydrogen-bond donors (Lipinski definition) is 1. The SMILES string of the molecule is CCCCOC(=O)Nc1cc(Br)cnc1OC. The minimum atomic E-state index is -0.503. The molecule has 5 nitrogen and oxygen atoms in total. The Morgan fingerprint density at radius 1 is 1.59 bits per heavy atom. The summed E-state index contributed by atoms with van der Waals surface area (Å²) >= 11 is 3.27. The number of nitrogens with zero attached hydrogens (tertiary/aromatic N) is 1. The molecule has 0 bridgehead atoms. The largest absolute Gasteiger partial charge is 0.480 e. The van der Waals surface area contributed by atoms with E-state index in [9.17, 15) is 4.79 Å². The fourth-order valence-electron chi connectivity index (χ4n) is 1.13. The molecule has 0 aliphatic heterocycles. The van der Waals surface area contributed by atoms with E-state index in [1.807, 2.05) is 6.92 Å². The number of hydrogen-bond acceptors (Lipinski definition) is 4. The van der Waals surface area contributed by atoms with Gasteiger partial charge in [-0.15, -0.1) is 0 Å². The molecule has 17 heavy (non-hydrogen) atoms. The maximum absolute atomic E-state index is 11.4. The minimum absolute atomic E-state index is 0.348. The van der Waals surface area contributed by atoms with Crippen molar-refractivity contribution in [2.45, 2.75) is 19.8 Å². The third-order valence-electron chi connectivity index (χ3n) is 1.98. The van der Waals surface area contributed by atoms with E-state index in [-0.39, 0.29) is 0 Å². The quantitative estimate of drug-likeness (QED) is 0.849. The molecule has 0 radical (unpaired) electrons. The summed E-state index contributed by atoms with van der Waals surface area (Å²) < 4.78 is 10.8. The number of pyridine rings is 1. The first-order valence-electron chi connectivity index (χ1n) is 5.30. The van der Waals surface area contributed by atoms with Crippen LogP contribution >= 0.6 is 15.9 Å². The van der Waals surface area contributed by atoms with Crippen molar-refractivity contribution in [2.24, 2.45) is 0 Å². The zero-order valence-electron chi connectivity index (χ0n) is 9.83. The van der Waals surface area contributed by atoms with Gasteiger partial charge in [0, 0.05) is 10.7 Å². The molecule has 94 valence electrons. The van der Waals surface area contributed by atoms with Crippen molar-refractivity contribution in [2.75, 3.05) is 19.0 Å². The molecule has 1 N–H and O–H groups in total. The van der Waals surface area contributed by atoms with Gasteiger partial charge in [0.15, 0.2) is 0 Å². The van der Waals surface area contributed by atoms with Gasteiger partial charge in [0.2, 0.25) is 5.88 Å². The summed E-state index contributed by atoms with van der Waals surface area (Å²) in [5, 5.41) is 2.58. The zero-order valence-corrected chi connectivity index (χ0v) is 11.4. The number of amides is 1. The highest BCUT2D eigenvalue weighted by atomic mass is 79.9. The number of anilines is 1. The predicted molar refractivity (Wildman–Crippen MR) is 68.4 cm³/mol. The maximum Gasteiger partial charge on any atom is 0.411 e. The van der Waals surface area contributed by atoms with Crippen LogP contribution in [0.25, 0.3) is 0 Å². The van der Waals surface area contributed by atoms with Crippen LogP contribution in [0.5, 0.6) is 5.88 Å². The Morgan fingerprint density at radius 2 is 2.35 bits per heavy atom. The molecular weight excluding hydrogens is 288 g/mol. The van der Waals surface area contributed by atoms with Crippen LogP contribution in [0.15, 0.2) is 16.7 Å². The van der Waals surface area contributed by atoms with Crippen LogP contribution < -0.4 is 10.1 Å². The van der Waals surface area contributed by atoms with Crippen molar-refractivity contribution < 1.29 is 14.3 Å². The monoisotopic (exact) mass is 302 g/mol. The van der Waals surface area contributed by atoms with E-state index in [4.69, 9.17) is 9.47 Å². The zero-order chi connectivity index (χ0) is 12.7. The molecule has 0 saturated carbocycles. The van der Waals surface area contributed by atoms with E-state index in [0.29, 0.717) is 18.2 Å². The van der Waals surface area contributed by atoms with Gasteiger partial charge in [-0.1, -0.05) is 13.3 Å². The molecule has 0 fully saturated rings. The molecule has 6 heteroatoms. The van der Waals surface area contributed by atoms with E-state index in [1.165, 1.54) is 7.11 Å². The first kappa shape index (κ1) is 13.8. The van der Waals surface area contributed by atoms with Gasteiger partial charge in [0.25, 0.3) is 0 Å². The smallest absolute Gasteiger partial charge is 0.411 e. The number of unbranched alkanes of at least 4 members (excludes halogenated alkanes) is 1. The number of halogens is 1. The van der Waals surface area contributed by atoms with Crippen LogP contribution in [-0.4, -0.2) is 24.8 Å². The molecule has 1 amide bonds. The number of methoxy groups -OCH3 is 1. The molecular formula is C11H15BrN2O3. The van der Waals surface area contributed by atoms with E-state index in [0.717, 1.165) is 17.3 Å². The van der Waals surface area contributed by atoms with Crippen molar-refractivity contribution in [3.8, 4) is 5.88 Å². The van der Waals surface area contributed by atoms with Gasteiger partial charge < -0.3 is 9.47 Å². The summed E-state index contributed by atoms with van der Waals surface area (Å²) in [5.74, 6) is 0.348. The van der Waals surface area contributed by atoms with Gasteiger partial charge in [-0.25, -0.2) is 9.78 Å². The summed E-state index contributed by atoms with van der Waals surface area (Å²) in [7, 11) is 1.49. The molecule has 1 rings (SSSR count). The van der Waals surface area contributed by atoms with Gasteiger partial charge in [-0.3, -0.25) is 5.32 Å². The van der Waals surface area contributed by atoms with E-state index >= 15 is 0 Å². The van der Waals surface area contributed by atoms with Crippen molar-refractivity contribution in [1.29, 1.82) is 0 Å². The van der Waals surface area contributed by atoms with Gasteiger partial charge >= 0.3 is 6.09 Å². The average molecular weight is 303 g/mol. The molecule has 0 aliphatic carbocycles. The van der Waals surface area contributed by atoms with Gasteiger partial charge in [0.05, 0.1) is 13.7 Å². The number of aromatic nitrogens is 1. The highest BCUT2D eigenvalue weighted by Crippen LogP contribution is 2.24. The Kier molecular flexibility index (Phi) is 5.76. The first-order chi connectivity index (χ1) is 8.17. The molecule has 0 spiro atoms. The Bertz CT molecular complexity index is 385. The summed E-state index contributed by atoms with van der Waals surface area (Å²) in [6.07, 6.45) is 2.92. The Balaban J connectivity index is 2.60. The summed E-state index contributed by atoms with van der Waals surface area (Å²) in [6.45, 7) is 2.44. The van der Waals surface area contributed by atoms with Gasteiger partial charge in [0.1, 0.15) is 5.69 Å². The van der Waals surface area contributed by atoms with E-state index in [1.54, 1.807) is 12.3 Å². The van der Waals surface area contributed by atoms with Crippen molar-refractivity contribution in [3.63, 3.8) is 0 Å². The standard InChI is InChI=1S/C11H15BrN2O3/c1-3-4-5-17-11(15)14-9-6-8(12)7-13-10(9)16-2/h6-7H,3-5H2,1-2H3,(H,14,15). The Hall–Kier alpha value is -1.30. The lowest BCUT2D eigenvalue weighted by Gasteiger charge is -2.09. The third-order valence-corrected chi connectivity index (χ3v) is 2.41. The van der Waals surface area contributed by atoms with Crippen molar-refractivity contribution >= 4 is 27.7 Å². The number of rotatable bonds is 5. The molecule has 1 heterocycles. The molecule has 0 unspecified atom stereocenters. The second-order valence-electron chi connectivity index (χ2n) is 3.32. The van der Waals surface area contributed by atoms with Crippen molar-refractivity contribution in [3.05, 3.63) is 16.7 Å². The maximum atomic E-state index is 11.4. The number of ether oxygens (including phenoxy) is 2. The second kappa shape index (κ2) is 7.11. The number of carbonyl (C=O) groups excluding carboxylic acids is 1. The lowest BCUT2D eigenvalue weighted by Crippen LogP contribution is -2.15. The minimum Gasteiger partial charge on any atom is -0.480 e. The molecule has 0 aromatic carbocycles. The number of carbonyl (C=O) groups is 1. The van der Waals surface area contributed by atoms with Crippen LogP contribution in [-0.2, 0) is 4.74 Å².